The Balaban J connectivity index is 1.55. The third kappa shape index (κ3) is 2.59. The van der Waals surface area contributed by atoms with Crippen LogP contribution in [-0.2, 0) is 11.8 Å². The highest BCUT2D eigenvalue weighted by molar-refractivity contribution is 5.79. The standard InChI is InChI=1S/C27H24/c1-27(2,22-16-15-20(17-22)19-9-4-3-5-10-19)26-14-8-13-24-23-12-7-6-11-21(23)18-25(24)26/h3-17,22H,18H2,1-2H3. The van der Waals surface area contributed by atoms with Crippen LogP contribution in [0.3, 0.4) is 0 Å². The fraction of sp³-hybridized carbons (Fsp3) is 0.185. The van der Waals surface area contributed by atoms with Gasteiger partial charge in [-0.1, -0.05) is 105 Å². The molecule has 0 saturated heterocycles. The van der Waals surface area contributed by atoms with Crippen molar-refractivity contribution in [2.45, 2.75) is 25.7 Å². The van der Waals surface area contributed by atoms with Gasteiger partial charge in [-0.3, -0.25) is 0 Å². The largest absolute Gasteiger partial charge is 0.0761 e. The summed E-state index contributed by atoms with van der Waals surface area (Å²) in [5.74, 6) is 0.405. The van der Waals surface area contributed by atoms with Gasteiger partial charge in [-0.2, -0.15) is 0 Å². The molecule has 0 fully saturated rings. The number of rotatable bonds is 3. The van der Waals surface area contributed by atoms with Crippen LogP contribution in [0.1, 0.15) is 36.1 Å². The van der Waals surface area contributed by atoms with E-state index in [4.69, 9.17) is 0 Å². The molecule has 1 atom stereocenters. The average Bonchev–Trinajstić information content (AvgIpc) is 3.34. The molecule has 5 rings (SSSR count). The Morgan fingerprint density at radius 1 is 0.778 bits per heavy atom. The Morgan fingerprint density at radius 3 is 2.37 bits per heavy atom. The molecule has 1 unspecified atom stereocenters. The normalized spacial score (nSPS) is 17.6. The zero-order chi connectivity index (χ0) is 18.4. The van der Waals surface area contributed by atoms with Crippen LogP contribution >= 0.6 is 0 Å². The summed E-state index contributed by atoms with van der Waals surface area (Å²) in [5, 5.41) is 0. The number of fused-ring (bicyclic) bond motifs is 3. The molecule has 0 heterocycles. The number of hydrogen-bond donors (Lipinski definition) is 0. The average molecular weight is 348 g/mol. The van der Waals surface area contributed by atoms with Gasteiger partial charge in [0.2, 0.25) is 0 Å². The van der Waals surface area contributed by atoms with E-state index in [1.165, 1.54) is 39.0 Å². The molecule has 132 valence electrons. The second-order valence-corrected chi connectivity index (χ2v) is 8.26. The van der Waals surface area contributed by atoms with Gasteiger partial charge < -0.3 is 0 Å². The third-order valence-electron chi connectivity index (χ3n) is 6.33. The van der Waals surface area contributed by atoms with Gasteiger partial charge in [-0.15, -0.1) is 0 Å². The Bertz CT molecular complexity index is 1060. The van der Waals surface area contributed by atoms with Crippen molar-refractivity contribution >= 4 is 5.57 Å². The first-order valence-electron chi connectivity index (χ1n) is 9.81. The molecular formula is C27H24. The molecule has 0 spiro atoms. The van der Waals surface area contributed by atoms with Gasteiger partial charge in [0.15, 0.2) is 0 Å². The van der Waals surface area contributed by atoms with E-state index in [1.54, 1.807) is 0 Å². The van der Waals surface area contributed by atoms with Crippen molar-refractivity contribution in [1.29, 1.82) is 0 Å². The van der Waals surface area contributed by atoms with Crippen LogP contribution in [0.2, 0.25) is 0 Å². The SMILES string of the molecule is CC(C)(c1cccc2c1Cc1ccccc1-2)C1C=CC(c2ccccc2)=C1. The molecule has 0 heteroatoms. The molecule has 0 aromatic heterocycles. The molecule has 0 saturated carbocycles. The number of hydrogen-bond acceptors (Lipinski definition) is 0. The molecule has 3 aromatic rings. The van der Waals surface area contributed by atoms with E-state index in [9.17, 15) is 0 Å². The smallest absolute Gasteiger partial charge is 0.00509 e. The van der Waals surface area contributed by atoms with Crippen molar-refractivity contribution in [3.63, 3.8) is 0 Å². The van der Waals surface area contributed by atoms with Crippen LogP contribution in [0.25, 0.3) is 16.7 Å². The first-order valence-corrected chi connectivity index (χ1v) is 9.81. The Labute approximate surface area is 161 Å². The van der Waals surface area contributed by atoms with E-state index in [-0.39, 0.29) is 5.41 Å². The molecule has 0 N–H and O–H groups in total. The lowest BCUT2D eigenvalue weighted by Gasteiger charge is -2.32. The van der Waals surface area contributed by atoms with E-state index < -0.39 is 0 Å². The predicted octanol–water partition coefficient (Wildman–Crippen LogP) is 6.81. The highest BCUT2D eigenvalue weighted by Gasteiger charge is 2.34. The fourth-order valence-corrected chi connectivity index (χ4v) is 4.72. The van der Waals surface area contributed by atoms with Gasteiger partial charge in [-0.25, -0.2) is 0 Å². The van der Waals surface area contributed by atoms with E-state index in [0.29, 0.717) is 5.92 Å². The van der Waals surface area contributed by atoms with Crippen LogP contribution in [-0.4, -0.2) is 0 Å². The topological polar surface area (TPSA) is 0 Å². The molecule has 3 aromatic carbocycles. The molecule has 0 nitrogen and oxygen atoms in total. The minimum atomic E-state index is 0.0560. The summed E-state index contributed by atoms with van der Waals surface area (Å²) in [4.78, 5) is 0. The van der Waals surface area contributed by atoms with Crippen LogP contribution in [0.4, 0.5) is 0 Å². The van der Waals surface area contributed by atoms with E-state index in [1.807, 2.05) is 0 Å². The van der Waals surface area contributed by atoms with Crippen molar-refractivity contribution in [3.05, 3.63) is 113 Å². The fourth-order valence-electron chi connectivity index (χ4n) is 4.72. The first-order chi connectivity index (χ1) is 13.1. The number of allylic oxidation sites excluding steroid dienone is 4. The van der Waals surface area contributed by atoms with Gasteiger partial charge >= 0.3 is 0 Å². The van der Waals surface area contributed by atoms with Gasteiger partial charge in [0, 0.05) is 5.92 Å². The van der Waals surface area contributed by atoms with Crippen molar-refractivity contribution in [2.75, 3.05) is 0 Å². The summed E-state index contributed by atoms with van der Waals surface area (Å²) in [7, 11) is 0. The van der Waals surface area contributed by atoms with Crippen LogP contribution in [0.15, 0.2) is 91.0 Å². The van der Waals surface area contributed by atoms with Gasteiger partial charge in [0.1, 0.15) is 0 Å². The van der Waals surface area contributed by atoms with Crippen LogP contribution < -0.4 is 0 Å². The van der Waals surface area contributed by atoms with Gasteiger partial charge in [0.05, 0.1) is 0 Å². The van der Waals surface area contributed by atoms with Gasteiger partial charge in [0.25, 0.3) is 0 Å². The monoisotopic (exact) mass is 348 g/mol. The maximum absolute atomic E-state index is 2.44. The van der Waals surface area contributed by atoms with E-state index in [0.717, 1.165) is 6.42 Å². The third-order valence-corrected chi connectivity index (χ3v) is 6.33. The maximum atomic E-state index is 2.44. The molecule has 0 aliphatic heterocycles. The highest BCUT2D eigenvalue weighted by Crippen LogP contribution is 2.46. The summed E-state index contributed by atoms with van der Waals surface area (Å²) in [6, 6.07) is 26.4. The quantitative estimate of drug-likeness (QED) is 0.382. The molecule has 2 aliphatic rings. The van der Waals surface area contributed by atoms with Crippen molar-refractivity contribution in [1.82, 2.24) is 0 Å². The number of benzene rings is 3. The Hall–Kier alpha value is -2.86. The van der Waals surface area contributed by atoms with Crippen LogP contribution in [0, 0.1) is 5.92 Å². The van der Waals surface area contributed by atoms with Crippen molar-refractivity contribution in [3.8, 4) is 11.1 Å². The Kier molecular flexibility index (Phi) is 3.68. The maximum Gasteiger partial charge on any atom is 0.00509 e. The summed E-state index contributed by atoms with van der Waals surface area (Å²) in [6.07, 6.45) is 8.16. The second-order valence-electron chi connectivity index (χ2n) is 8.26. The van der Waals surface area contributed by atoms with E-state index >= 15 is 0 Å². The molecule has 0 bridgehead atoms. The Morgan fingerprint density at radius 2 is 1.52 bits per heavy atom. The zero-order valence-corrected chi connectivity index (χ0v) is 15.9. The lowest BCUT2D eigenvalue weighted by atomic mass is 9.71. The van der Waals surface area contributed by atoms with Crippen molar-refractivity contribution in [2.24, 2.45) is 5.92 Å². The van der Waals surface area contributed by atoms with Crippen LogP contribution in [0.5, 0.6) is 0 Å². The zero-order valence-electron chi connectivity index (χ0n) is 15.9. The lowest BCUT2D eigenvalue weighted by molar-refractivity contribution is 0.446. The van der Waals surface area contributed by atoms with Gasteiger partial charge in [-0.05, 0) is 50.8 Å². The summed E-state index contributed by atoms with van der Waals surface area (Å²) in [6.45, 7) is 4.79. The minimum Gasteiger partial charge on any atom is -0.0761 e. The highest BCUT2D eigenvalue weighted by atomic mass is 14.4. The van der Waals surface area contributed by atoms with E-state index in [2.05, 4.69) is 105 Å². The molecule has 0 amide bonds. The molecule has 27 heavy (non-hydrogen) atoms. The molecular weight excluding hydrogens is 324 g/mol. The minimum absolute atomic E-state index is 0.0560. The second kappa shape index (κ2) is 6.09. The summed E-state index contributed by atoms with van der Waals surface area (Å²) >= 11 is 0. The van der Waals surface area contributed by atoms with Crippen molar-refractivity contribution < 1.29 is 0 Å². The lowest BCUT2D eigenvalue weighted by Crippen LogP contribution is -2.26. The summed E-state index contributed by atoms with van der Waals surface area (Å²) < 4.78 is 0. The summed E-state index contributed by atoms with van der Waals surface area (Å²) in [5.41, 5.74) is 9.98. The molecule has 0 radical (unpaired) electrons. The molecule has 2 aliphatic carbocycles. The first kappa shape index (κ1) is 16.3. The predicted molar refractivity (Wildman–Crippen MR) is 115 cm³/mol.